The Hall–Kier alpha value is -2.44. The van der Waals surface area contributed by atoms with Crippen molar-refractivity contribution in [3.8, 4) is 5.75 Å². The van der Waals surface area contributed by atoms with Gasteiger partial charge in [-0.05, 0) is 99.2 Å². The van der Waals surface area contributed by atoms with Crippen LogP contribution >= 0.6 is 27.5 Å². The van der Waals surface area contributed by atoms with E-state index in [0.29, 0.717) is 31.4 Å². The van der Waals surface area contributed by atoms with Crippen molar-refractivity contribution in [2.24, 2.45) is 22.1 Å². The SMILES string of the molecule is CC(C)C(=O)NS1(=O)=NC(=O)C(C)(C)OC/C=C\[C@H](OCCBr)[C@@H]2CC[C@H]2CN2C[C@@]3(CCCc4cc(Cl)ccc43)COc3ccc1cc32. The van der Waals surface area contributed by atoms with Gasteiger partial charge in [-0.2, -0.15) is 0 Å². The van der Waals surface area contributed by atoms with Gasteiger partial charge in [-0.3, -0.25) is 14.3 Å². The molecule has 5 atom stereocenters. The van der Waals surface area contributed by atoms with Gasteiger partial charge in [-0.1, -0.05) is 59.6 Å². The van der Waals surface area contributed by atoms with E-state index in [1.165, 1.54) is 11.1 Å². The number of alkyl halides is 1. The van der Waals surface area contributed by atoms with E-state index >= 15 is 0 Å². The third kappa shape index (κ3) is 7.61. The lowest BCUT2D eigenvalue weighted by atomic mass is 9.68. The Balaban J connectivity index is 1.50. The highest BCUT2D eigenvalue weighted by molar-refractivity contribution is 9.09. The summed E-state index contributed by atoms with van der Waals surface area (Å²) in [6, 6.07) is 11.5. The van der Waals surface area contributed by atoms with Crippen molar-refractivity contribution in [2.75, 3.05) is 43.1 Å². The minimum atomic E-state index is -3.75. The molecular weight excluding hydrogens is 730 g/mol. The molecule has 2 bridgehead atoms. The molecule has 1 N–H and O–H groups in total. The van der Waals surface area contributed by atoms with Crippen molar-refractivity contribution in [1.29, 1.82) is 0 Å². The largest absolute Gasteiger partial charge is 0.490 e. The minimum Gasteiger partial charge on any atom is -0.490 e. The van der Waals surface area contributed by atoms with Crippen LogP contribution in [0.3, 0.4) is 0 Å². The van der Waals surface area contributed by atoms with Gasteiger partial charge < -0.3 is 19.1 Å². The molecule has 6 rings (SSSR count). The zero-order chi connectivity index (χ0) is 35.0. The van der Waals surface area contributed by atoms with Crippen molar-refractivity contribution in [1.82, 2.24) is 4.72 Å². The van der Waals surface area contributed by atoms with Crippen molar-refractivity contribution in [3.05, 3.63) is 64.7 Å². The molecule has 12 heteroatoms. The van der Waals surface area contributed by atoms with Gasteiger partial charge in [0.05, 0.1) is 36.5 Å². The smallest absolute Gasteiger partial charge is 0.287 e. The van der Waals surface area contributed by atoms with Crippen molar-refractivity contribution < 1.29 is 28.0 Å². The summed E-state index contributed by atoms with van der Waals surface area (Å²) in [5, 5.41) is 1.46. The summed E-state index contributed by atoms with van der Waals surface area (Å²) in [7, 11) is -3.75. The molecule has 1 saturated carbocycles. The second-order valence-electron chi connectivity index (χ2n) is 14.6. The number of ether oxygens (including phenoxy) is 3. The molecule has 1 unspecified atom stereocenters. The fourth-order valence-corrected chi connectivity index (χ4v) is 9.56. The number of amides is 2. The monoisotopic (exact) mass is 775 g/mol. The number of hydrogen-bond donors (Lipinski definition) is 1. The first-order valence-electron chi connectivity index (χ1n) is 17.3. The molecular formula is C37H47BrClN3O6S. The quantitative estimate of drug-likeness (QED) is 0.257. The molecule has 2 aliphatic heterocycles. The minimum absolute atomic E-state index is 0.109. The van der Waals surface area contributed by atoms with Crippen LogP contribution in [0.5, 0.6) is 5.75 Å². The summed E-state index contributed by atoms with van der Waals surface area (Å²) in [4.78, 5) is 29.4. The number of halogens is 2. The summed E-state index contributed by atoms with van der Waals surface area (Å²) in [6.45, 7) is 9.23. The number of fused-ring (bicyclic) bond motifs is 4. The van der Waals surface area contributed by atoms with E-state index in [9.17, 15) is 13.8 Å². The fraction of sp³-hybridized carbons (Fsp3) is 0.568. The summed E-state index contributed by atoms with van der Waals surface area (Å²) in [5.41, 5.74) is 1.58. The Morgan fingerprint density at radius 1 is 1.22 bits per heavy atom. The molecule has 0 saturated heterocycles. The molecule has 266 valence electrons. The summed E-state index contributed by atoms with van der Waals surface area (Å²) < 4.78 is 40.7. The van der Waals surface area contributed by atoms with Gasteiger partial charge in [0.15, 0.2) is 9.92 Å². The van der Waals surface area contributed by atoms with E-state index < -0.39 is 33.2 Å². The molecule has 0 aromatic heterocycles. The topological polar surface area (TPSA) is 107 Å². The number of hydrogen-bond acceptors (Lipinski definition) is 7. The summed E-state index contributed by atoms with van der Waals surface area (Å²) >= 11 is 9.98. The lowest BCUT2D eigenvalue weighted by molar-refractivity contribution is -0.137. The van der Waals surface area contributed by atoms with Crippen LogP contribution in [-0.4, -0.2) is 66.0 Å². The lowest BCUT2D eigenvalue weighted by Crippen LogP contribution is -2.49. The van der Waals surface area contributed by atoms with Crippen LogP contribution in [0, 0.1) is 17.8 Å². The van der Waals surface area contributed by atoms with Crippen LogP contribution in [0.25, 0.3) is 0 Å². The fourth-order valence-electron chi connectivity index (χ4n) is 7.43. The zero-order valence-corrected chi connectivity index (χ0v) is 31.9. The summed E-state index contributed by atoms with van der Waals surface area (Å²) in [6.07, 6.45) is 8.85. The van der Waals surface area contributed by atoms with Gasteiger partial charge in [0.1, 0.15) is 11.4 Å². The highest BCUT2D eigenvalue weighted by Gasteiger charge is 2.45. The average molecular weight is 777 g/mol. The first-order chi connectivity index (χ1) is 23.3. The number of nitrogens with one attached hydrogen (secondary N) is 1. The van der Waals surface area contributed by atoms with E-state index in [1.807, 2.05) is 12.1 Å². The summed E-state index contributed by atoms with van der Waals surface area (Å²) in [5.74, 6) is -0.402. The van der Waals surface area contributed by atoms with Crippen LogP contribution in [0.1, 0.15) is 64.5 Å². The van der Waals surface area contributed by atoms with Gasteiger partial charge in [-0.15, -0.1) is 4.36 Å². The number of carbonyl (C=O) groups is 2. The van der Waals surface area contributed by atoms with Gasteiger partial charge in [-0.25, -0.2) is 4.21 Å². The molecule has 0 radical (unpaired) electrons. The molecule has 49 heavy (non-hydrogen) atoms. The number of carbonyl (C=O) groups excluding carboxylic acids is 2. The van der Waals surface area contributed by atoms with Crippen molar-refractivity contribution in [2.45, 2.75) is 81.8 Å². The van der Waals surface area contributed by atoms with Gasteiger partial charge in [0, 0.05) is 34.8 Å². The second kappa shape index (κ2) is 14.7. The van der Waals surface area contributed by atoms with Gasteiger partial charge >= 0.3 is 0 Å². The molecule has 2 aliphatic carbocycles. The van der Waals surface area contributed by atoms with Gasteiger partial charge in [0.2, 0.25) is 5.91 Å². The number of rotatable bonds is 5. The first kappa shape index (κ1) is 36.4. The van der Waals surface area contributed by atoms with Crippen molar-refractivity contribution >= 4 is 54.9 Å². The maximum absolute atomic E-state index is 14.8. The highest BCUT2D eigenvalue weighted by Crippen LogP contribution is 2.47. The zero-order valence-electron chi connectivity index (χ0n) is 28.7. The number of nitrogens with zero attached hydrogens (tertiary/aromatic N) is 2. The molecule has 1 fully saturated rings. The predicted molar refractivity (Wildman–Crippen MR) is 196 cm³/mol. The van der Waals surface area contributed by atoms with Crippen LogP contribution in [0.15, 0.2) is 57.8 Å². The third-order valence-electron chi connectivity index (χ3n) is 10.4. The number of anilines is 1. The molecule has 9 nitrogen and oxygen atoms in total. The van der Waals surface area contributed by atoms with E-state index in [0.717, 1.165) is 54.7 Å². The molecule has 2 heterocycles. The Labute approximate surface area is 303 Å². The Morgan fingerprint density at radius 3 is 2.78 bits per heavy atom. The Morgan fingerprint density at radius 2 is 2.04 bits per heavy atom. The molecule has 2 aromatic carbocycles. The first-order valence-corrected chi connectivity index (χ1v) is 20.3. The molecule has 4 aliphatic rings. The normalized spacial score (nSPS) is 30.2. The molecule has 2 aromatic rings. The second-order valence-corrected chi connectivity index (χ2v) is 17.7. The maximum atomic E-state index is 14.8. The average Bonchev–Trinajstić information content (AvgIpc) is 3.19. The van der Waals surface area contributed by atoms with Crippen LogP contribution in [-0.2, 0) is 40.8 Å². The van der Waals surface area contributed by atoms with E-state index in [-0.39, 0.29) is 28.9 Å². The van der Waals surface area contributed by atoms with E-state index in [2.05, 4.69) is 48.1 Å². The lowest BCUT2D eigenvalue weighted by Gasteiger charge is -2.46. The van der Waals surface area contributed by atoms with Crippen LogP contribution < -0.4 is 14.4 Å². The van der Waals surface area contributed by atoms with Crippen LogP contribution in [0.2, 0.25) is 5.02 Å². The van der Waals surface area contributed by atoms with Crippen LogP contribution in [0.4, 0.5) is 5.69 Å². The highest BCUT2D eigenvalue weighted by atomic mass is 79.9. The van der Waals surface area contributed by atoms with E-state index in [1.54, 1.807) is 45.9 Å². The standard InChI is InChI=1S/C37H47BrClN3O6S/c1-24(2)34(43)40-49(45)28-11-14-33-31(20-28)42(22-37(23-47-33)15-5-7-25-19-27(39)10-13-30(25)37)21-26-9-12-29(26)32(46-18-16-38)8-6-17-48-36(3,4)35(44)41-49/h6,8,10-11,13-14,19-20,24,26,29,32H,5,7,9,12,15-18,21-23H2,1-4H3,(H,40,41,43,44,45)/b8-6-/t26-,29+,32-,37-,49?/m0/s1. The van der Waals surface area contributed by atoms with Crippen molar-refractivity contribution in [3.63, 3.8) is 0 Å². The molecule has 2 amide bonds. The Kier molecular flexibility index (Phi) is 10.9. The third-order valence-corrected chi connectivity index (χ3v) is 12.8. The van der Waals surface area contributed by atoms with Gasteiger partial charge in [0.25, 0.3) is 5.91 Å². The Bertz CT molecular complexity index is 1740. The predicted octanol–water partition coefficient (Wildman–Crippen LogP) is 7.03. The van der Waals surface area contributed by atoms with E-state index in [4.69, 9.17) is 25.8 Å². The number of benzene rings is 2. The molecule has 1 spiro atoms. The maximum Gasteiger partial charge on any atom is 0.287 e. The number of aryl methyl sites for hydroxylation is 1.